The minimum Gasteiger partial charge on any atom is -0.504 e. The Morgan fingerprint density at radius 2 is 0.683 bits per heavy atom. The summed E-state index contributed by atoms with van der Waals surface area (Å²) in [6, 6.07) is 18.7. The van der Waals surface area contributed by atoms with Crippen LogP contribution in [0.25, 0.3) is 0 Å². The second-order valence-corrected chi connectivity index (χ2v) is 14.1. The van der Waals surface area contributed by atoms with Gasteiger partial charge in [-0.1, -0.05) is 24.3 Å². The number of methoxy groups -OCH3 is 4. The summed E-state index contributed by atoms with van der Waals surface area (Å²) in [7, 11) is 5.64. The van der Waals surface area contributed by atoms with Crippen LogP contribution in [0.15, 0.2) is 72.8 Å². The number of aliphatic carboxylic acids is 4. The molecule has 16 nitrogen and oxygen atoms in total. The number of carbonyl (C=O) groups is 4. The molecule has 0 aromatic heterocycles. The zero-order valence-corrected chi connectivity index (χ0v) is 33.7. The zero-order valence-electron chi connectivity index (χ0n) is 33.7. The van der Waals surface area contributed by atoms with Gasteiger partial charge in [0, 0.05) is 12.8 Å². The molecule has 0 spiro atoms. The van der Waals surface area contributed by atoms with Crippen molar-refractivity contribution in [2.24, 2.45) is 23.7 Å². The normalized spacial score (nSPS) is 12.7. The van der Waals surface area contributed by atoms with Gasteiger partial charge in [-0.15, -0.1) is 0 Å². The third kappa shape index (κ3) is 14.2. The third-order valence-electron chi connectivity index (χ3n) is 10.1. The molecule has 0 unspecified atom stereocenters. The molecule has 0 aliphatic rings. The molecule has 0 saturated heterocycles. The van der Waals surface area contributed by atoms with Gasteiger partial charge in [0.05, 0.1) is 40.3 Å². The van der Waals surface area contributed by atoms with E-state index in [1.54, 1.807) is 48.5 Å². The number of aromatic hydroxyl groups is 4. The molecule has 4 atom stereocenters. The summed E-state index contributed by atoms with van der Waals surface area (Å²) in [5.41, 5.74) is 2.77. The highest BCUT2D eigenvalue weighted by molar-refractivity contribution is 5.72. The Morgan fingerprint density at radius 3 is 0.900 bits per heavy atom. The average molecular weight is 837 g/mol. The molecule has 0 aliphatic carbocycles. The molecule has 0 radical (unpaired) electrons. The van der Waals surface area contributed by atoms with Crippen LogP contribution in [0.3, 0.4) is 0 Å². The van der Waals surface area contributed by atoms with E-state index in [0.29, 0.717) is 24.0 Å². The standard InChI is InChI=1S/2C22H26O8/c2*1-29-19-11-13(3-6-17(19)23)9-15(5-8-21(25)26)16(22(27)28)10-14-4-7-18(24)20(12-14)30-2/h2*3-4,6-7,11-12,15-16,23-24H,5,8-10H2,1-2H3,(H,25,26)(H,27,28)/t2*15-,16-/m10/s1. The molecule has 0 heterocycles. The fraction of sp³-hybridized carbons (Fsp3) is 0.364. The number of carboxylic acid groups (broad SMARTS) is 4. The molecule has 16 heteroatoms. The van der Waals surface area contributed by atoms with E-state index in [9.17, 15) is 49.8 Å². The lowest BCUT2D eigenvalue weighted by molar-refractivity contribution is -0.145. The zero-order chi connectivity index (χ0) is 44.5. The maximum atomic E-state index is 12.1. The van der Waals surface area contributed by atoms with Crippen molar-refractivity contribution < 1.29 is 79.0 Å². The van der Waals surface area contributed by atoms with Crippen molar-refractivity contribution in [3.63, 3.8) is 0 Å². The molecule has 4 aromatic carbocycles. The summed E-state index contributed by atoms with van der Waals surface area (Å²) >= 11 is 0. The number of carboxylic acids is 4. The lowest BCUT2D eigenvalue weighted by atomic mass is 9.80. The quantitative estimate of drug-likeness (QED) is 0.0440. The van der Waals surface area contributed by atoms with Crippen LogP contribution in [0.5, 0.6) is 46.0 Å². The van der Waals surface area contributed by atoms with Crippen LogP contribution >= 0.6 is 0 Å². The van der Waals surface area contributed by atoms with Gasteiger partial charge >= 0.3 is 23.9 Å². The van der Waals surface area contributed by atoms with E-state index in [-0.39, 0.29) is 84.5 Å². The van der Waals surface area contributed by atoms with Gasteiger partial charge in [-0.2, -0.15) is 0 Å². The molecule has 324 valence electrons. The van der Waals surface area contributed by atoms with Crippen LogP contribution in [-0.2, 0) is 44.9 Å². The predicted octanol–water partition coefficient (Wildman–Crippen LogP) is 6.16. The van der Waals surface area contributed by atoms with E-state index in [1.165, 1.54) is 52.7 Å². The van der Waals surface area contributed by atoms with Crippen molar-refractivity contribution in [1.29, 1.82) is 0 Å². The predicted molar refractivity (Wildman–Crippen MR) is 216 cm³/mol. The highest BCUT2D eigenvalue weighted by Gasteiger charge is 2.31. The molecule has 0 bridgehead atoms. The highest BCUT2D eigenvalue weighted by atomic mass is 16.5. The largest absolute Gasteiger partial charge is 0.504 e. The highest BCUT2D eigenvalue weighted by Crippen LogP contribution is 2.35. The van der Waals surface area contributed by atoms with Gasteiger partial charge in [0.15, 0.2) is 46.0 Å². The summed E-state index contributed by atoms with van der Waals surface area (Å²) in [6.07, 6.45) is 0.906. The molecule has 0 aliphatic heterocycles. The Hall–Kier alpha value is -6.84. The molecule has 0 fully saturated rings. The first-order valence-corrected chi connectivity index (χ1v) is 18.8. The number of phenolic OH excluding ortho intramolecular Hbond substituents is 4. The lowest BCUT2D eigenvalue weighted by Crippen LogP contribution is -2.28. The van der Waals surface area contributed by atoms with Crippen LogP contribution in [-0.4, -0.2) is 93.2 Å². The minimum atomic E-state index is -1.04. The lowest BCUT2D eigenvalue weighted by Gasteiger charge is -2.24. The van der Waals surface area contributed by atoms with Gasteiger partial charge in [-0.3, -0.25) is 19.2 Å². The van der Waals surface area contributed by atoms with Crippen molar-refractivity contribution >= 4 is 23.9 Å². The van der Waals surface area contributed by atoms with E-state index in [2.05, 4.69) is 0 Å². The van der Waals surface area contributed by atoms with Crippen LogP contribution in [0.2, 0.25) is 0 Å². The van der Waals surface area contributed by atoms with Crippen LogP contribution < -0.4 is 18.9 Å². The Bertz CT molecular complexity index is 1930. The Labute approximate surface area is 346 Å². The summed E-state index contributed by atoms with van der Waals surface area (Å²) < 4.78 is 20.4. The van der Waals surface area contributed by atoms with E-state index in [1.807, 2.05) is 0 Å². The first-order chi connectivity index (χ1) is 28.5. The van der Waals surface area contributed by atoms with Crippen LogP contribution in [0, 0.1) is 23.7 Å². The molecule has 4 rings (SSSR count). The van der Waals surface area contributed by atoms with Gasteiger partial charge < -0.3 is 59.8 Å². The van der Waals surface area contributed by atoms with E-state index >= 15 is 0 Å². The first kappa shape index (κ1) is 47.5. The van der Waals surface area contributed by atoms with Crippen molar-refractivity contribution in [3.8, 4) is 46.0 Å². The summed E-state index contributed by atoms with van der Waals surface area (Å²) in [5.74, 6) is -5.92. The Balaban J connectivity index is 0.000000320. The number of rotatable bonds is 22. The minimum absolute atomic E-state index is 0.0330. The fourth-order valence-corrected chi connectivity index (χ4v) is 6.93. The monoisotopic (exact) mass is 836 g/mol. The van der Waals surface area contributed by atoms with Crippen molar-refractivity contribution in [2.75, 3.05) is 28.4 Å². The number of hydrogen-bond acceptors (Lipinski definition) is 12. The molecular weight excluding hydrogens is 784 g/mol. The van der Waals surface area contributed by atoms with E-state index in [4.69, 9.17) is 29.2 Å². The van der Waals surface area contributed by atoms with Gasteiger partial charge in [-0.05, 0) is 121 Å². The van der Waals surface area contributed by atoms with Gasteiger partial charge in [0.2, 0.25) is 0 Å². The number of hydrogen-bond donors (Lipinski definition) is 8. The van der Waals surface area contributed by atoms with Crippen molar-refractivity contribution in [2.45, 2.75) is 51.4 Å². The number of benzene rings is 4. The van der Waals surface area contributed by atoms with Gasteiger partial charge in [0.25, 0.3) is 0 Å². The van der Waals surface area contributed by atoms with Crippen LogP contribution in [0.4, 0.5) is 0 Å². The molecule has 4 aromatic rings. The van der Waals surface area contributed by atoms with Gasteiger partial charge in [-0.25, -0.2) is 0 Å². The summed E-state index contributed by atoms with van der Waals surface area (Å²) in [5, 5.41) is 77.1. The number of phenols is 4. The molecule has 60 heavy (non-hydrogen) atoms. The first-order valence-electron chi connectivity index (χ1n) is 18.8. The number of ether oxygens (including phenoxy) is 4. The smallest absolute Gasteiger partial charge is 0.307 e. The van der Waals surface area contributed by atoms with Crippen LogP contribution in [0.1, 0.15) is 47.9 Å². The van der Waals surface area contributed by atoms with E-state index in [0.717, 1.165) is 11.1 Å². The molecule has 0 saturated carbocycles. The summed E-state index contributed by atoms with van der Waals surface area (Å²) in [6.45, 7) is 0. The van der Waals surface area contributed by atoms with Crippen molar-refractivity contribution in [3.05, 3.63) is 95.1 Å². The Kier molecular flexibility index (Phi) is 18.2. The second-order valence-electron chi connectivity index (χ2n) is 14.1. The van der Waals surface area contributed by atoms with Gasteiger partial charge in [0.1, 0.15) is 0 Å². The van der Waals surface area contributed by atoms with Crippen molar-refractivity contribution in [1.82, 2.24) is 0 Å². The second kappa shape index (κ2) is 22.9. The average Bonchev–Trinajstić information content (AvgIpc) is 3.21. The molecular formula is C44H52O16. The van der Waals surface area contributed by atoms with E-state index < -0.39 is 47.5 Å². The Morgan fingerprint density at radius 1 is 0.433 bits per heavy atom. The fourth-order valence-electron chi connectivity index (χ4n) is 6.93. The maximum Gasteiger partial charge on any atom is 0.307 e. The molecule has 0 amide bonds. The molecule has 8 N–H and O–H groups in total. The topological polar surface area (TPSA) is 267 Å². The maximum absolute atomic E-state index is 12.1. The summed E-state index contributed by atoms with van der Waals surface area (Å²) in [4.78, 5) is 46.4. The SMILES string of the molecule is COc1cc(C[C@@H](CCC(=O)O)[C@@H](Cc2ccc(O)c(OC)c2)C(=O)O)ccc1O.COc1cc(C[C@H](CCC(=O)O)[C@H](Cc2ccc(O)c(OC)c2)C(=O)O)ccc1O. The third-order valence-corrected chi connectivity index (χ3v) is 10.1.